The van der Waals surface area contributed by atoms with E-state index in [1.54, 1.807) is 0 Å². The number of ether oxygens (including phenoxy) is 1. The number of rotatable bonds is 5. The average molecular weight is 280 g/mol. The molecule has 0 spiro atoms. The van der Waals surface area contributed by atoms with E-state index in [0.29, 0.717) is 0 Å². The van der Waals surface area contributed by atoms with Gasteiger partial charge in [-0.2, -0.15) is 13.2 Å². The molecule has 0 aliphatic carbocycles. The van der Waals surface area contributed by atoms with Crippen molar-refractivity contribution in [3.63, 3.8) is 0 Å². The number of alkyl halides is 3. The summed E-state index contributed by atoms with van der Waals surface area (Å²) in [4.78, 5) is 11.7. The van der Waals surface area contributed by atoms with Crippen molar-refractivity contribution in [1.29, 1.82) is 0 Å². The predicted molar refractivity (Wildman–Crippen MR) is 68.5 cm³/mol. The molecule has 0 unspecified atom stereocenters. The Morgan fingerprint density at radius 2 is 1.26 bits per heavy atom. The molecule has 0 aliphatic rings. The maximum Gasteiger partial charge on any atom is 0.422 e. The van der Waals surface area contributed by atoms with Gasteiger partial charge < -0.3 is 4.74 Å². The highest BCUT2D eigenvalue weighted by Crippen LogP contribution is 2.39. The first-order chi connectivity index (χ1) is 8.37. The average Bonchev–Trinajstić information content (AvgIpc) is 2.21. The first-order valence-electron chi connectivity index (χ1n) is 6.36. The molecule has 0 aromatic heterocycles. The van der Waals surface area contributed by atoms with Crippen molar-refractivity contribution in [2.75, 3.05) is 0 Å². The van der Waals surface area contributed by atoms with Crippen LogP contribution in [0.5, 0.6) is 0 Å². The third-order valence-corrected chi connectivity index (χ3v) is 3.57. The summed E-state index contributed by atoms with van der Waals surface area (Å²) in [6, 6.07) is 0. The van der Waals surface area contributed by atoms with Crippen molar-refractivity contribution < 1.29 is 22.7 Å². The summed E-state index contributed by atoms with van der Waals surface area (Å²) in [6.07, 6.45) is -4.76. The number of halogens is 3. The fourth-order valence-electron chi connectivity index (χ4n) is 2.69. The zero-order valence-electron chi connectivity index (χ0n) is 12.4. The van der Waals surface area contributed by atoms with E-state index in [1.807, 2.05) is 41.5 Å². The smallest absolute Gasteiger partial charge is 0.422 e. The van der Waals surface area contributed by atoms with Crippen LogP contribution in [0.1, 0.15) is 41.5 Å². The first-order valence-corrected chi connectivity index (χ1v) is 6.36. The Morgan fingerprint density at radius 1 is 0.947 bits per heavy atom. The largest absolute Gasteiger partial charge is 0.455 e. The van der Waals surface area contributed by atoms with Crippen LogP contribution in [-0.2, 0) is 9.53 Å². The Kier molecular flexibility index (Phi) is 5.66. The summed E-state index contributed by atoms with van der Waals surface area (Å²) in [7, 11) is 0. The van der Waals surface area contributed by atoms with Crippen LogP contribution in [0.25, 0.3) is 0 Å². The molecule has 112 valence electrons. The molecule has 2 nitrogen and oxygen atoms in total. The molecular formula is C14H23F3O2. The molecule has 0 aromatic carbocycles. The zero-order chi connectivity index (χ0) is 15.6. The molecule has 5 heteroatoms. The van der Waals surface area contributed by atoms with Crippen molar-refractivity contribution in [3.8, 4) is 0 Å². The first kappa shape index (κ1) is 18.0. The van der Waals surface area contributed by atoms with E-state index in [2.05, 4.69) is 6.58 Å². The van der Waals surface area contributed by atoms with E-state index >= 15 is 0 Å². The highest BCUT2D eigenvalue weighted by atomic mass is 19.4. The van der Waals surface area contributed by atoms with Crippen molar-refractivity contribution in [3.05, 3.63) is 12.2 Å². The Bertz CT molecular complexity index is 319. The second-order valence-electron chi connectivity index (χ2n) is 5.68. The maximum absolute atomic E-state index is 12.5. The fourth-order valence-corrected chi connectivity index (χ4v) is 2.69. The van der Waals surface area contributed by atoms with Crippen molar-refractivity contribution in [2.24, 2.45) is 17.8 Å². The minimum atomic E-state index is -4.76. The monoisotopic (exact) mass is 280 g/mol. The van der Waals surface area contributed by atoms with Crippen LogP contribution < -0.4 is 0 Å². The SMILES string of the molecule is C=C(C(=O)OC(C(C)C)(C(C)C)C(C)C)C(F)(F)F. The number of carbonyl (C=O) groups is 1. The topological polar surface area (TPSA) is 26.3 Å². The normalized spacial score (nSPS) is 13.3. The van der Waals surface area contributed by atoms with E-state index in [-0.39, 0.29) is 17.8 Å². The van der Waals surface area contributed by atoms with Gasteiger partial charge in [0.1, 0.15) is 11.2 Å². The molecule has 0 bridgehead atoms. The molecule has 0 radical (unpaired) electrons. The van der Waals surface area contributed by atoms with Gasteiger partial charge in [0.2, 0.25) is 0 Å². The lowest BCUT2D eigenvalue weighted by atomic mass is 9.72. The lowest BCUT2D eigenvalue weighted by Crippen LogP contribution is -2.50. The summed E-state index contributed by atoms with van der Waals surface area (Å²) in [5, 5.41) is 0. The van der Waals surface area contributed by atoms with Crippen LogP contribution in [0.15, 0.2) is 12.2 Å². The number of hydrogen-bond acceptors (Lipinski definition) is 2. The number of esters is 1. The van der Waals surface area contributed by atoms with Crippen LogP contribution in [0.3, 0.4) is 0 Å². The fraction of sp³-hybridized carbons (Fsp3) is 0.786. The molecule has 0 saturated heterocycles. The minimum absolute atomic E-state index is 0.0996. The van der Waals surface area contributed by atoms with Gasteiger partial charge in [-0.15, -0.1) is 0 Å². The van der Waals surface area contributed by atoms with Crippen LogP contribution >= 0.6 is 0 Å². The summed E-state index contributed by atoms with van der Waals surface area (Å²) >= 11 is 0. The van der Waals surface area contributed by atoms with Gasteiger partial charge in [0.25, 0.3) is 0 Å². The van der Waals surface area contributed by atoms with E-state index < -0.39 is 23.3 Å². The Morgan fingerprint density at radius 3 is 1.47 bits per heavy atom. The Hall–Kier alpha value is -1.00. The Balaban J connectivity index is 5.37. The number of carbonyl (C=O) groups excluding carboxylic acids is 1. The minimum Gasteiger partial charge on any atom is -0.455 e. The molecule has 19 heavy (non-hydrogen) atoms. The molecule has 0 rings (SSSR count). The molecule has 0 aromatic rings. The second-order valence-corrected chi connectivity index (χ2v) is 5.68. The Labute approximate surface area is 113 Å². The summed E-state index contributed by atoms with van der Waals surface area (Å²) in [5.74, 6) is -1.68. The summed E-state index contributed by atoms with van der Waals surface area (Å²) in [5.41, 5.74) is -2.40. The van der Waals surface area contributed by atoms with Gasteiger partial charge in [0.05, 0.1) is 0 Å². The van der Waals surface area contributed by atoms with E-state index in [1.165, 1.54) is 0 Å². The van der Waals surface area contributed by atoms with Gasteiger partial charge in [-0.3, -0.25) is 0 Å². The second kappa shape index (κ2) is 5.97. The lowest BCUT2D eigenvalue weighted by Gasteiger charge is -2.44. The van der Waals surface area contributed by atoms with Gasteiger partial charge in [0, 0.05) is 0 Å². The highest BCUT2D eigenvalue weighted by Gasteiger charge is 2.47. The molecule has 0 fully saturated rings. The van der Waals surface area contributed by atoms with Gasteiger partial charge in [0.15, 0.2) is 0 Å². The van der Waals surface area contributed by atoms with E-state index in [4.69, 9.17) is 4.74 Å². The maximum atomic E-state index is 12.5. The van der Waals surface area contributed by atoms with Crippen molar-refractivity contribution in [1.82, 2.24) is 0 Å². The molecular weight excluding hydrogens is 257 g/mol. The van der Waals surface area contributed by atoms with Crippen LogP contribution in [0.4, 0.5) is 13.2 Å². The van der Waals surface area contributed by atoms with Gasteiger partial charge in [-0.1, -0.05) is 48.1 Å². The van der Waals surface area contributed by atoms with E-state index in [0.717, 1.165) is 0 Å². The molecule has 0 saturated carbocycles. The van der Waals surface area contributed by atoms with Crippen LogP contribution in [0.2, 0.25) is 0 Å². The molecule has 0 N–H and O–H groups in total. The lowest BCUT2D eigenvalue weighted by molar-refractivity contribution is -0.184. The zero-order valence-corrected chi connectivity index (χ0v) is 12.4. The van der Waals surface area contributed by atoms with Crippen molar-refractivity contribution in [2.45, 2.75) is 53.3 Å². The van der Waals surface area contributed by atoms with Gasteiger partial charge in [-0.05, 0) is 17.8 Å². The number of hydrogen-bond donors (Lipinski definition) is 0. The third-order valence-electron chi connectivity index (χ3n) is 3.57. The third kappa shape index (κ3) is 3.74. The predicted octanol–water partition coefficient (Wildman–Crippen LogP) is 4.35. The highest BCUT2D eigenvalue weighted by molar-refractivity contribution is 5.89. The summed E-state index contributed by atoms with van der Waals surface area (Å²) < 4.78 is 42.7. The molecule has 0 amide bonds. The quantitative estimate of drug-likeness (QED) is 0.552. The van der Waals surface area contributed by atoms with Crippen LogP contribution in [0, 0.1) is 17.8 Å². The van der Waals surface area contributed by atoms with Crippen molar-refractivity contribution >= 4 is 5.97 Å². The molecule has 0 aliphatic heterocycles. The summed E-state index contributed by atoms with van der Waals surface area (Å²) in [6.45, 7) is 13.8. The molecule has 0 atom stereocenters. The standard InChI is InChI=1S/C14H23F3O2/c1-8(2)13(9(3)4,10(5)6)19-12(18)11(7)14(15,16)17/h8-10H,7H2,1-6H3. The van der Waals surface area contributed by atoms with Gasteiger partial charge >= 0.3 is 12.1 Å². The van der Waals surface area contributed by atoms with E-state index in [9.17, 15) is 18.0 Å². The van der Waals surface area contributed by atoms with Gasteiger partial charge in [-0.25, -0.2) is 4.79 Å². The van der Waals surface area contributed by atoms with Crippen LogP contribution in [-0.4, -0.2) is 17.7 Å². The molecule has 0 heterocycles.